The summed E-state index contributed by atoms with van der Waals surface area (Å²) in [6, 6.07) is 7.87. The molecule has 258 valence electrons. The van der Waals surface area contributed by atoms with E-state index >= 15 is 4.39 Å². The summed E-state index contributed by atoms with van der Waals surface area (Å²) < 4.78 is 97.9. The van der Waals surface area contributed by atoms with E-state index in [-0.39, 0.29) is 32.1 Å². The van der Waals surface area contributed by atoms with Crippen LogP contribution in [0.4, 0.5) is 36.4 Å². The Balaban J connectivity index is 1.36. The van der Waals surface area contributed by atoms with Crippen LogP contribution in [-0.2, 0) is 21.9 Å². The number of rotatable bonds is 5. The number of carboxylic acid groups (broad SMARTS) is 1. The van der Waals surface area contributed by atoms with E-state index < -0.39 is 58.4 Å². The van der Waals surface area contributed by atoms with Gasteiger partial charge < -0.3 is 14.9 Å². The number of amides is 1. The highest BCUT2D eigenvalue weighted by Gasteiger charge is 2.57. The maximum absolute atomic E-state index is 17.1. The van der Waals surface area contributed by atoms with E-state index in [1.807, 2.05) is 25.7 Å². The first-order chi connectivity index (χ1) is 21.8. The minimum Gasteiger partial charge on any atom is -0.481 e. The van der Waals surface area contributed by atoms with E-state index in [4.69, 9.17) is 0 Å². The lowest BCUT2D eigenvalue weighted by Crippen LogP contribution is -2.53. The van der Waals surface area contributed by atoms with Gasteiger partial charge in [-0.3, -0.25) is 14.5 Å². The molecule has 2 atom stereocenters. The first-order valence-corrected chi connectivity index (χ1v) is 15.9. The highest BCUT2D eigenvalue weighted by atomic mass is 19.4. The molecule has 0 saturated carbocycles. The van der Waals surface area contributed by atoms with Crippen molar-refractivity contribution in [1.82, 2.24) is 9.80 Å². The van der Waals surface area contributed by atoms with Gasteiger partial charge in [0, 0.05) is 56.4 Å². The summed E-state index contributed by atoms with van der Waals surface area (Å²) in [4.78, 5) is 30.5. The van der Waals surface area contributed by atoms with Crippen molar-refractivity contribution in [3.8, 4) is 0 Å². The van der Waals surface area contributed by atoms with Gasteiger partial charge in [-0.1, -0.05) is 18.2 Å². The predicted molar refractivity (Wildman–Crippen MR) is 162 cm³/mol. The molecule has 0 unspecified atom stereocenters. The Kier molecular flexibility index (Phi) is 9.37. The second-order valence-electron chi connectivity index (χ2n) is 14.0. The minimum absolute atomic E-state index is 0.140. The van der Waals surface area contributed by atoms with Crippen molar-refractivity contribution < 1.29 is 45.4 Å². The third-order valence-corrected chi connectivity index (χ3v) is 10.1. The van der Waals surface area contributed by atoms with Gasteiger partial charge >= 0.3 is 18.3 Å². The second-order valence-corrected chi connectivity index (χ2v) is 14.0. The Morgan fingerprint density at radius 3 is 1.87 bits per heavy atom. The number of carbonyl (C=O) groups is 2. The quantitative estimate of drug-likeness (QED) is 0.338. The normalized spacial score (nSPS) is 24.2. The third kappa shape index (κ3) is 7.24. The van der Waals surface area contributed by atoms with Crippen molar-refractivity contribution in [3.63, 3.8) is 0 Å². The molecule has 2 aromatic rings. The number of carboxylic acids is 1. The Bertz CT molecular complexity index is 1460. The zero-order valence-corrected chi connectivity index (χ0v) is 26.6. The first kappa shape index (κ1) is 35.0. The van der Waals surface area contributed by atoms with Crippen molar-refractivity contribution in [1.29, 1.82) is 0 Å². The number of alkyl halides is 7. The van der Waals surface area contributed by atoms with E-state index in [9.17, 15) is 41.0 Å². The maximum Gasteiger partial charge on any atom is 0.416 e. The Labute approximate surface area is 269 Å². The summed E-state index contributed by atoms with van der Waals surface area (Å²) >= 11 is 0. The molecule has 6 nitrogen and oxygen atoms in total. The molecule has 0 aromatic heterocycles. The number of halogens is 7. The molecule has 3 saturated heterocycles. The summed E-state index contributed by atoms with van der Waals surface area (Å²) in [5.41, 5.74) is -3.19. The van der Waals surface area contributed by atoms with Crippen molar-refractivity contribution in [2.24, 2.45) is 5.92 Å². The standard InChI is InChI=1S/C34H40F7N3O3/c1-31(2,3)44-19-27(22-4-6-24(7-5-22)33(36,37)38)32(35,20-44)30(47)43-16-10-21(11-17-43)26-9-8-25(34(39,40)41)18-28(26)42-14-12-23(13-15-42)29(45)46/h4-9,18,21,23,27H,10-17,19-20H2,1-3H3,(H,45,46)/t27-,32-/m0/s1. The number of likely N-dealkylation sites (tertiary alicyclic amines) is 2. The zero-order valence-electron chi connectivity index (χ0n) is 26.6. The lowest BCUT2D eigenvalue weighted by Gasteiger charge is -2.39. The van der Waals surface area contributed by atoms with Gasteiger partial charge in [-0.25, -0.2) is 4.39 Å². The van der Waals surface area contributed by atoms with E-state index in [0.29, 0.717) is 55.6 Å². The van der Waals surface area contributed by atoms with Crippen LogP contribution in [0.2, 0.25) is 0 Å². The van der Waals surface area contributed by atoms with E-state index in [0.717, 1.165) is 24.3 Å². The fourth-order valence-electron chi connectivity index (χ4n) is 7.18. The number of benzene rings is 2. The van der Waals surface area contributed by atoms with Crippen LogP contribution in [0, 0.1) is 5.92 Å². The number of piperidine rings is 2. The summed E-state index contributed by atoms with van der Waals surface area (Å²) in [6.07, 6.45) is -7.76. The third-order valence-electron chi connectivity index (χ3n) is 10.1. The minimum atomic E-state index is -4.57. The van der Waals surface area contributed by atoms with Crippen LogP contribution in [0.3, 0.4) is 0 Å². The number of aliphatic carboxylic acids is 1. The summed E-state index contributed by atoms with van der Waals surface area (Å²) in [5.74, 6) is -3.44. The fourth-order valence-corrected chi connectivity index (χ4v) is 7.18. The van der Waals surface area contributed by atoms with Gasteiger partial charge in [0.05, 0.1) is 17.0 Å². The summed E-state index contributed by atoms with van der Waals surface area (Å²) in [7, 11) is 0. The van der Waals surface area contributed by atoms with Crippen molar-refractivity contribution in [3.05, 3.63) is 64.7 Å². The number of hydrogen-bond donors (Lipinski definition) is 1. The lowest BCUT2D eigenvalue weighted by molar-refractivity contribution is -0.145. The average molecular weight is 672 g/mol. The molecule has 2 aromatic carbocycles. The smallest absolute Gasteiger partial charge is 0.416 e. The van der Waals surface area contributed by atoms with Crippen LogP contribution in [0.25, 0.3) is 0 Å². The molecule has 1 N–H and O–H groups in total. The number of hydrogen-bond acceptors (Lipinski definition) is 4. The van der Waals surface area contributed by atoms with Gasteiger partial charge in [-0.15, -0.1) is 0 Å². The summed E-state index contributed by atoms with van der Waals surface area (Å²) in [6.45, 7) is 6.46. The van der Waals surface area contributed by atoms with Crippen molar-refractivity contribution in [2.45, 2.75) is 81.9 Å². The Hall–Kier alpha value is -3.35. The first-order valence-electron chi connectivity index (χ1n) is 15.9. The SMILES string of the molecule is CC(C)(C)N1C[C@@H](c2ccc(C(F)(F)F)cc2)[C@](F)(C(=O)N2CCC(c3ccc(C(F)(F)F)cc3N3CCC(C(=O)O)CC3)CC2)C1. The molecule has 3 fully saturated rings. The highest BCUT2D eigenvalue weighted by molar-refractivity contribution is 5.87. The molecule has 0 spiro atoms. The van der Waals surface area contributed by atoms with Gasteiger partial charge in [0.2, 0.25) is 5.67 Å². The molecular weight excluding hydrogens is 631 g/mol. The zero-order chi connectivity index (χ0) is 34.5. The van der Waals surface area contributed by atoms with E-state index in [1.165, 1.54) is 23.1 Å². The van der Waals surface area contributed by atoms with E-state index in [2.05, 4.69) is 0 Å². The molecule has 0 bridgehead atoms. The van der Waals surface area contributed by atoms with Gasteiger partial charge in [0.1, 0.15) is 0 Å². The lowest BCUT2D eigenvalue weighted by atomic mass is 9.83. The molecule has 3 aliphatic heterocycles. The van der Waals surface area contributed by atoms with Crippen LogP contribution in [-0.4, -0.2) is 77.3 Å². The molecule has 3 heterocycles. The molecule has 0 radical (unpaired) electrons. The van der Waals surface area contributed by atoms with Crippen LogP contribution in [0.15, 0.2) is 42.5 Å². The molecule has 1 amide bonds. The molecule has 0 aliphatic carbocycles. The monoisotopic (exact) mass is 671 g/mol. The van der Waals surface area contributed by atoms with Crippen LogP contribution < -0.4 is 4.90 Å². The average Bonchev–Trinajstić information content (AvgIpc) is 3.39. The van der Waals surface area contributed by atoms with Crippen LogP contribution in [0.5, 0.6) is 0 Å². The Morgan fingerprint density at radius 1 is 0.809 bits per heavy atom. The summed E-state index contributed by atoms with van der Waals surface area (Å²) in [5, 5.41) is 9.38. The molecule has 3 aliphatic rings. The number of carbonyl (C=O) groups excluding carboxylic acids is 1. The van der Waals surface area contributed by atoms with Gasteiger partial charge in [0.25, 0.3) is 5.91 Å². The molecule has 13 heteroatoms. The molecular formula is C34H40F7N3O3. The highest BCUT2D eigenvalue weighted by Crippen LogP contribution is 2.45. The predicted octanol–water partition coefficient (Wildman–Crippen LogP) is 7.34. The van der Waals surface area contributed by atoms with Crippen molar-refractivity contribution in [2.75, 3.05) is 44.2 Å². The van der Waals surface area contributed by atoms with Gasteiger partial charge in [0.15, 0.2) is 0 Å². The number of anilines is 1. The molecule has 5 rings (SSSR count). The van der Waals surface area contributed by atoms with Crippen molar-refractivity contribution >= 4 is 17.6 Å². The van der Waals surface area contributed by atoms with Crippen LogP contribution >= 0.6 is 0 Å². The van der Waals surface area contributed by atoms with Gasteiger partial charge in [-0.05, 0) is 87.8 Å². The Morgan fingerprint density at radius 2 is 1.36 bits per heavy atom. The molecule has 47 heavy (non-hydrogen) atoms. The van der Waals surface area contributed by atoms with Gasteiger partial charge in [-0.2, -0.15) is 26.3 Å². The largest absolute Gasteiger partial charge is 0.481 e. The maximum atomic E-state index is 17.1. The second kappa shape index (κ2) is 12.6. The topological polar surface area (TPSA) is 64.1 Å². The van der Waals surface area contributed by atoms with Crippen LogP contribution in [0.1, 0.15) is 80.5 Å². The fraction of sp³-hybridized carbons (Fsp3) is 0.588. The number of nitrogens with zero attached hydrogens (tertiary/aromatic N) is 3. The van der Waals surface area contributed by atoms with E-state index in [1.54, 1.807) is 4.90 Å².